The van der Waals surface area contributed by atoms with E-state index in [4.69, 9.17) is 11.6 Å². The van der Waals surface area contributed by atoms with Crippen LogP contribution in [0.4, 0.5) is 0 Å². The van der Waals surface area contributed by atoms with Crippen LogP contribution in [0.25, 0.3) is 11.2 Å². The summed E-state index contributed by atoms with van der Waals surface area (Å²) >= 11 is 4.74. The minimum absolute atomic E-state index is 0.324. The van der Waals surface area contributed by atoms with Crippen molar-refractivity contribution in [3.05, 3.63) is 56.5 Å². The number of nitrogens with zero attached hydrogens (tertiary/aromatic N) is 6. The number of hydrogen-bond acceptors (Lipinski definition) is 7. The summed E-state index contributed by atoms with van der Waals surface area (Å²) in [6, 6.07) is 6.99. The first-order valence-electron chi connectivity index (χ1n) is 12.1. The average Bonchev–Trinajstić information content (AvgIpc) is 3.30. The van der Waals surface area contributed by atoms with Crippen molar-refractivity contribution in [3.63, 3.8) is 0 Å². The molecule has 2 aromatic heterocycles. The molecule has 0 radical (unpaired) electrons. The molecule has 3 aromatic rings. The predicted molar refractivity (Wildman–Crippen MR) is 141 cm³/mol. The SMILES string of the molecule is Cn1c(=O)c2c(ncn2CCCN2CCN(CC(O)CC[S+]([O-])c3ccc(Cl)cc3)CC2)n(C)c1=O. The van der Waals surface area contributed by atoms with Crippen molar-refractivity contribution in [1.82, 2.24) is 28.5 Å². The number of benzene rings is 1. The van der Waals surface area contributed by atoms with Crippen LogP contribution in [0.15, 0.2) is 45.1 Å². The van der Waals surface area contributed by atoms with E-state index < -0.39 is 17.3 Å². The second kappa shape index (κ2) is 11.9. The van der Waals surface area contributed by atoms with Crippen LogP contribution in [0, 0.1) is 0 Å². The van der Waals surface area contributed by atoms with Crippen LogP contribution in [-0.4, -0.2) is 89.3 Å². The Balaban J connectivity index is 1.18. The third-order valence-corrected chi connectivity index (χ3v) is 8.39. The molecule has 1 aromatic carbocycles. The van der Waals surface area contributed by atoms with Gasteiger partial charge in [0.25, 0.3) is 5.56 Å². The molecule has 0 bridgehead atoms. The molecule has 1 N–H and O–H groups in total. The Kier molecular flexibility index (Phi) is 8.91. The van der Waals surface area contributed by atoms with E-state index in [1.165, 1.54) is 11.6 Å². The van der Waals surface area contributed by atoms with Gasteiger partial charge in [0.1, 0.15) is 5.75 Å². The number of halogens is 1. The standard InChI is InChI=1S/C24H33ClN6O4S/c1-27-22-21(23(33)28(2)24(27)34)31(17-26-22)10-3-9-29-11-13-30(14-12-29)16-19(32)8-15-36(35)20-6-4-18(25)5-7-20/h4-7,17,19,32H,3,8-16H2,1-2H3. The topological polar surface area (TPSA) is 112 Å². The maximum Gasteiger partial charge on any atom is 0.332 e. The number of aliphatic hydroxyl groups is 1. The maximum absolute atomic E-state index is 12.6. The van der Waals surface area contributed by atoms with E-state index in [1.807, 2.05) is 4.57 Å². The van der Waals surface area contributed by atoms with Gasteiger partial charge in [-0.15, -0.1) is 0 Å². The van der Waals surface area contributed by atoms with Crippen molar-refractivity contribution in [3.8, 4) is 0 Å². The van der Waals surface area contributed by atoms with Crippen LogP contribution in [0.1, 0.15) is 12.8 Å². The Labute approximate surface area is 217 Å². The Morgan fingerprint density at radius 3 is 2.42 bits per heavy atom. The molecule has 1 aliphatic rings. The van der Waals surface area contributed by atoms with Crippen LogP contribution in [0.5, 0.6) is 0 Å². The first kappa shape index (κ1) is 26.9. The van der Waals surface area contributed by atoms with Gasteiger partial charge >= 0.3 is 5.69 Å². The summed E-state index contributed by atoms with van der Waals surface area (Å²) in [4.78, 5) is 34.3. The first-order valence-corrected chi connectivity index (χ1v) is 13.8. The zero-order chi connectivity index (χ0) is 25.8. The Morgan fingerprint density at radius 2 is 1.72 bits per heavy atom. The third-order valence-electron chi connectivity index (χ3n) is 6.74. The van der Waals surface area contributed by atoms with Gasteiger partial charge in [0.2, 0.25) is 0 Å². The molecule has 2 atom stereocenters. The van der Waals surface area contributed by atoms with Crippen LogP contribution in [0.2, 0.25) is 5.02 Å². The second-order valence-corrected chi connectivity index (χ2v) is 11.3. The molecule has 1 saturated heterocycles. The smallest absolute Gasteiger partial charge is 0.332 e. The molecular weight excluding hydrogens is 504 g/mol. The number of aromatic nitrogens is 4. The van der Waals surface area contributed by atoms with Gasteiger partial charge in [-0.25, -0.2) is 9.78 Å². The number of piperazine rings is 1. The molecule has 196 valence electrons. The Hall–Kier alpha value is -2.15. The lowest BCUT2D eigenvalue weighted by Crippen LogP contribution is -2.48. The highest BCUT2D eigenvalue weighted by Gasteiger charge is 2.21. The fourth-order valence-electron chi connectivity index (χ4n) is 4.56. The molecule has 12 heteroatoms. The summed E-state index contributed by atoms with van der Waals surface area (Å²) in [5, 5.41) is 11.1. The number of aryl methyl sites for hydroxylation is 2. The van der Waals surface area contributed by atoms with Gasteiger partial charge in [-0.1, -0.05) is 11.6 Å². The zero-order valence-electron chi connectivity index (χ0n) is 20.7. The van der Waals surface area contributed by atoms with Gasteiger partial charge in [-0.2, -0.15) is 0 Å². The van der Waals surface area contributed by atoms with Crippen molar-refractivity contribution in [2.24, 2.45) is 14.1 Å². The van der Waals surface area contributed by atoms with E-state index in [2.05, 4.69) is 14.8 Å². The molecule has 0 spiro atoms. The van der Waals surface area contributed by atoms with Crippen molar-refractivity contribution in [2.75, 3.05) is 45.0 Å². The maximum atomic E-state index is 12.6. The molecular formula is C24H33ClN6O4S. The zero-order valence-corrected chi connectivity index (χ0v) is 22.2. The van der Waals surface area contributed by atoms with Crippen molar-refractivity contribution in [1.29, 1.82) is 0 Å². The third kappa shape index (κ3) is 6.21. The highest BCUT2D eigenvalue weighted by atomic mass is 35.5. The van der Waals surface area contributed by atoms with Gasteiger partial charge in [0.15, 0.2) is 16.1 Å². The molecule has 3 heterocycles. The highest BCUT2D eigenvalue weighted by molar-refractivity contribution is 7.91. The molecule has 2 unspecified atom stereocenters. The highest BCUT2D eigenvalue weighted by Crippen LogP contribution is 2.17. The molecule has 10 nitrogen and oxygen atoms in total. The molecule has 0 aliphatic carbocycles. The lowest BCUT2D eigenvalue weighted by Gasteiger charge is -2.35. The number of imidazole rings is 1. The number of fused-ring (bicyclic) bond motifs is 1. The summed E-state index contributed by atoms with van der Waals surface area (Å²) < 4.78 is 16.8. The van der Waals surface area contributed by atoms with E-state index in [9.17, 15) is 19.2 Å². The fourth-order valence-corrected chi connectivity index (χ4v) is 5.85. The summed E-state index contributed by atoms with van der Waals surface area (Å²) in [6.07, 6.45) is 2.46. The van der Waals surface area contributed by atoms with Gasteiger partial charge in [0.05, 0.1) is 12.4 Å². The van der Waals surface area contributed by atoms with Gasteiger partial charge in [-0.05, 0) is 48.4 Å². The van der Waals surface area contributed by atoms with Crippen LogP contribution >= 0.6 is 11.6 Å². The summed E-state index contributed by atoms with van der Waals surface area (Å²) in [6.45, 7) is 5.67. The first-order chi connectivity index (χ1) is 17.2. The molecule has 1 fully saturated rings. The monoisotopic (exact) mass is 536 g/mol. The lowest BCUT2D eigenvalue weighted by molar-refractivity contribution is 0.0707. The van der Waals surface area contributed by atoms with Crippen LogP contribution < -0.4 is 11.2 Å². The number of rotatable bonds is 10. The lowest BCUT2D eigenvalue weighted by atomic mass is 10.2. The summed E-state index contributed by atoms with van der Waals surface area (Å²) in [5.74, 6) is 0.420. The minimum Gasteiger partial charge on any atom is -0.611 e. The average molecular weight is 537 g/mol. The van der Waals surface area contributed by atoms with Gasteiger partial charge < -0.3 is 19.1 Å². The number of β-amino-alcohol motifs (C(OH)–C–C–N with tert-alkyl or cyclic N) is 1. The molecule has 36 heavy (non-hydrogen) atoms. The van der Waals surface area contributed by atoms with Gasteiger partial charge in [-0.3, -0.25) is 18.8 Å². The van der Waals surface area contributed by atoms with E-state index in [1.54, 1.807) is 37.6 Å². The number of aliphatic hydroxyl groups excluding tert-OH is 1. The summed E-state index contributed by atoms with van der Waals surface area (Å²) in [7, 11) is 3.11. The molecule has 1 aliphatic heterocycles. The van der Waals surface area contributed by atoms with E-state index in [0.717, 1.165) is 48.6 Å². The molecule has 0 saturated carbocycles. The van der Waals surface area contributed by atoms with Crippen molar-refractivity contribution in [2.45, 2.75) is 30.4 Å². The minimum atomic E-state index is -1.15. The Bertz CT molecular complexity index is 1280. The number of hydrogen-bond donors (Lipinski definition) is 1. The second-order valence-electron chi connectivity index (χ2n) is 9.26. The normalized spacial score (nSPS) is 17.0. The Morgan fingerprint density at radius 1 is 1.06 bits per heavy atom. The largest absolute Gasteiger partial charge is 0.611 e. The van der Waals surface area contributed by atoms with Crippen molar-refractivity contribution >= 4 is 33.9 Å². The predicted octanol–water partition coefficient (Wildman–Crippen LogP) is 0.654. The van der Waals surface area contributed by atoms with Crippen molar-refractivity contribution < 1.29 is 9.66 Å². The van der Waals surface area contributed by atoms with E-state index in [0.29, 0.717) is 41.4 Å². The quantitative estimate of drug-likeness (QED) is 0.379. The summed E-state index contributed by atoms with van der Waals surface area (Å²) in [5.41, 5.74) is 0.160. The van der Waals surface area contributed by atoms with E-state index >= 15 is 0 Å². The van der Waals surface area contributed by atoms with Crippen LogP contribution in [0.3, 0.4) is 0 Å². The molecule has 4 rings (SSSR count). The van der Waals surface area contributed by atoms with Gasteiger partial charge in [0, 0.05) is 64.8 Å². The van der Waals surface area contributed by atoms with E-state index in [-0.39, 0.29) is 11.2 Å². The van der Waals surface area contributed by atoms with Crippen LogP contribution in [-0.2, 0) is 31.8 Å². The fraction of sp³-hybridized carbons (Fsp3) is 0.542. The molecule has 0 amide bonds.